The molecule has 0 atom stereocenters. The molecule has 4 N–H and O–H groups in total. The number of aromatic nitrogens is 2. The minimum absolute atomic E-state index is 0.195. The number of aliphatic hydroxyl groups excluding tert-OH is 1. The van der Waals surface area contributed by atoms with Gasteiger partial charge in [-0.2, -0.15) is 0 Å². The number of ether oxygens (including phenoxy) is 1. The number of urea groups is 1. The maximum Gasteiger partial charge on any atom is 0.319 e. The highest BCUT2D eigenvalue weighted by Crippen LogP contribution is 2.27. The average molecular weight is 591 g/mol. The van der Waals surface area contributed by atoms with Gasteiger partial charge in [-0.25, -0.2) is 14.8 Å². The second kappa shape index (κ2) is 16.4. The molecular formula is C32H46N8O3. The molecule has 2 amide bonds. The fourth-order valence-corrected chi connectivity index (χ4v) is 5.74. The topological polar surface area (TPSA) is 118 Å². The monoisotopic (exact) mass is 590 g/mol. The fourth-order valence-electron chi connectivity index (χ4n) is 5.74. The smallest absolute Gasteiger partial charge is 0.319 e. The summed E-state index contributed by atoms with van der Waals surface area (Å²) < 4.78 is 6.04. The number of nitrogens with zero attached hydrogens (tertiary/aromatic N) is 5. The Hall–Kier alpha value is -3.51. The Labute approximate surface area is 254 Å². The quantitative estimate of drug-likeness (QED) is 0.196. The van der Waals surface area contributed by atoms with Crippen LogP contribution < -0.4 is 20.7 Å². The molecule has 232 valence electrons. The van der Waals surface area contributed by atoms with E-state index in [9.17, 15) is 4.79 Å². The van der Waals surface area contributed by atoms with Crippen molar-refractivity contribution in [3.63, 3.8) is 0 Å². The highest BCUT2D eigenvalue weighted by atomic mass is 16.5. The van der Waals surface area contributed by atoms with Crippen molar-refractivity contribution in [3.8, 4) is 5.75 Å². The molecule has 11 heteroatoms. The van der Waals surface area contributed by atoms with Gasteiger partial charge < -0.3 is 35.6 Å². The van der Waals surface area contributed by atoms with E-state index in [0.717, 1.165) is 87.4 Å². The molecule has 0 radical (unpaired) electrons. The van der Waals surface area contributed by atoms with Gasteiger partial charge in [0.25, 0.3) is 0 Å². The van der Waals surface area contributed by atoms with Crippen LogP contribution in [0.5, 0.6) is 5.75 Å². The molecule has 2 aliphatic rings. The van der Waals surface area contributed by atoms with Gasteiger partial charge in [0.05, 0.1) is 18.7 Å². The number of benzene rings is 2. The molecular weight excluding hydrogens is 544 g/mol. The van der Waals surface area contributed by atoms with E-state index in [-0.39, 0.29) is 12.6 Å². The number of likely N-dealkylation sites (tertiary alicyclic amines) is 1. The van der Waals surface area contributed by atoms with E-state index in [4.69, 9.17) is 9.84 Å². The molecule has 2 fully saturated rings. The molecule has 5 rings (SSSR count). The Morgan fingerprint density at radius 3 is 2.40 bits per heavy atom. The van der Waals surface area contributed by atoms with Gasteiger partial charge in [-0.3, -0.25) is 4.90 Å². The standard InChI is InChI=1S/C32H46N8O3/c41-21-20-40-18-16-39(17-19-40)15-6-22-43-28-9-10-29-30(24-28)34-25-35-31(29)36-26-7-5-8-27(23-26)37-32(42)33-11-1-2-12-38-13-3-4-14-38/h5,7-10,23-25,41H,1-4,6,11-22H2,(H2,33,37,42)(H,34,35,36). The molecule has 0 spiro atoms. The van der Waals surface area contributed by atoms with Crippen LogP contribution in [0, 0.1) is 0 Å². The van der Waals surface area contributed by atoms with Crippen molar-refractivity contribution in [2.24, 2.45) is 0 Å². The lowest BCUT2D eigenvalue weighted by molar-refractivity contribution is 0.108. The van der Waals surface area contributed by atoms with Crippen LogP contribution in [0.4, 0.5) is 22.0 Å². The summed E-state index contributed by atoms with van der Waals surface area (Å²) >= 11 is 0. The van der Waals surface area contributed by atoms with Crippen molar-refractivity contribution >= 4 is 34.1 Å². The lowest BCUT2D eigenvalue weighted by Crippen LogP contribution is -2.47. The molecule has 1 aromatic heterocycles. The number of nitrogens with one attached hydrogen (secondary N) is 3. The van der Waals surface area contributed by atoms with Gasteiger partial charge in [0.1, 0.15) is 17.9 Å². The van der Waals surface area contributed by atoms with E-state index >= 15 is 0 Å². The maximum absolute atomic E-state index is 12.4. The number of amides is 2. The first-order chi connectivity index (χ1) is 21.2. The Bertz CT molecular complexity index is 1290. The summed E-state index contributed by atoms with van der Waals surface area (Å²) in [5.74, 6) is 1.48. The van der Waals surface area contributed by atoms with Crippen LogP contribution >= 0.6 is 0 Å². The van der Waals surface area contributed by atoms with Gasteiger partial charge in [-0.15, -0.1) is 0 Å². The number of rotatable bonds is 15. The van der Waals surface area contributed by atoms with Crippen molar-refractivity contribution in [2.75, 3.05) is 89.3 Å². The van der Waals surface area contributed by atoms with Crippen LogP contribution in [0.2, 0.25) is 0 Å². The highest BCUT2D eigenvalue weighted by molar-refractivity contribution is 5.92. The van der Waals surface area contributed by atoms with Gasteiger partial charge >= 0.3 is 6.03 Å². The summed E-state index contributed by atoms with van der Waals surface area (Å²) in [5, 5.41) is 19.3. The second-order valence-corrected chi connectivity index (χ2v) is 11.4. The third-order valence-electron chi connectivity index (χ3n) is 8.15. The van der Waals surface area contributed by atoms with Crippen LogP contribution in [-0.2, 0) is 0 Å². The first-order valence-electron chi connectivity index (χ1n) is 15.7. The van der Waals surface area contributed by atoms with E-state index in [1.54, 1.807) is 6.33 Å². The molecule has 11 nitrogen and oxygen atoms in total. The zero-order valence-corrected chi connectivity index (χ0v) is 25.1. The first kappa shape index (κ1) is 30.9. The molecule has 2 saturated heterocycles. The number of hydrogen-bond acceptors (Lipinski definition) is 9. The predicted molar refractivity (Wildman–Crippen MR) is 171 cm³/mol. The zero-order valence-electron chi connectivity index (χ0n) is 25.1. The summed E-state index contributed by atoms with van der Waals surface area (Å²) in [4.78, 5) is 28.6. The maximum atomic E-state index is 12.4. The number of unbranched alkanes of at least 4 members (excludes halogenated alkanes) is 1. The van der Waals surface area contributed by atoms with Gasteiger partial charge in [-0.1, -0.05) is 6.07 Å². The number of anilines is 3. The number of carbonyl (C=O) groups excluding carboxylic acids is 1. The number of fused-ring (bicyclic) bond motifs is 1. The molecule has 0 aliphatic carbocycles. The van der Waals surface area contributed by atoms with Crippen molar-refractivity contribution < 1.29 is 14.6 Å². The summed E-state index contributed by atoms with van der Waals surface area (Å²) in [5.41, 5.74) is 2.33. The highest BCUT2D eigenvalue weighted by Gasteiger charge is 2.16. The van der Waals surface area contributed by atoms with Gasteiger partial charge in [0, 0.05) is 68.6 Å². The Morgan fingerprint density at radius 2 is 1.58 bits per heavy atom. The van der Waals surface area contributed by atoms with E-state index < -0.39 is 0 Å². The Morgan fingerprint density at radius 1 is 0.837 bits per heavy atom. The van der Waals surface area contributed by atoms with Crippen molar-refractivity contribution in [3.05, 3.63) is 48.8 Å². The number of hydrogen-bond donors (Lipinski definition) is 4. The molecule has 3 heterocycles. The molecule has 0 saturated carbocycles. The van der Waals surface area contributed by atoms with Crippen LogP contribution in [-0.4, -0.2) is 114 Å². The second-order valence-electron chi connectivity index (χ2n) is 11.4. The van der Waals surface area contributed by atoms with Gasteiger partial charge in [0.15, 0.2) is 0 Å². The zero-order chi connectivity index (χ0) is 29.7. The lowest BCUT2D eigenvalue weighted by atomic mass is 10.2. The van der Waals surface area contributed by atoms with E-state index in [1.165, 1.54) is 25.9 Å². The van der Waals surface area contributed by atoms with Crippen molar-refractivity contribution in [2.45, 2.75) is 32.1 Å². The number of carbonyl (C=O) groups is 1. The lowest BCUT2D eigenvalue weighted by Gasteiger charge is -2.34. The molecule has 43 heavy (non-hydrogen) atoms. The molecule has 2 aromatic carbocycles. The predicted octanol–water partition coefficient (Wildman–Crippen LogP) is 3.75. The van der Waals surface area contributed by atoms with E-state index in [0.29, 0.717) is 24.7 Å². The summed E-state index contributed by atoms with van der Waals surface area (Å²) in [6, 6.07) is 13.3. The van der Waals surface area contributed by atoms with Crippen LogP contribution in [0.25, 0.3) is 10.9 Å². The summed E-state index contributed by atoms with van der Waals surface area (Å²) in [7, 11) is 0. The Balaban J connectivity index is 1.06. The molecule has 0 bridgehead atoms. The first-order valence-corrected chi connectivity index (χ1v) is 15.7. The van der Waals surface area contributed by atoms with Crippen LogP contribution in [0.1, 0.15) is 32.1 Å². The van der Waals surface area contributed by atoms with Crippen molar-refractivity contribution in [1.82, 2.24) is 30.0 Å². The largest absolute Gasteiger partial charge is 0.493 e. The van der Waals surface area contributed by atoms with Crippen molar-refractivity contribution in [1.29, 1.82) is 0 Å². The minimum Gasteiger partial charge on any atom is -0.493 e. The Kier molecular flexibility index (Phi) is 11.8. The minimum atomic E-state index is -0.195. The number of piperazine rings is 1. The average Bonchev–Trinajstić information content (AvgIpc) is 3.54. The SMILES string of the molecule is O=C(NCCCCN1CCCC1)Nc1cccc(Nc2ncnc3cc(OCCCN4CCN(CCO)CC4)ccc23)c1. The summed E-state index contributed by atoms with van der Waals surface area (Å²) in [6.07, 6.45) is 7.20. The molecule has 3 aromatic rings. The fraction of sp³-hybridized carbons (Fsp3) is 0.531. The third kappa shape index (κ3) is 9.75. The van der Waals surface area contributed by atoms with Crippen LogP contribution in [0.3, 0.4) is 0 Å². The molecule has 0 unspecified atom stereocenters. The number of β-amino-alcohol motifs (C(OH)–C–C–N with tert-alkyl or cyclic N) is 1. The van der Waals surface area contributed by atoms with Gasteiger partial charge in [-0.05, 0) is 82.1 Å². The normalized spacial score (nSPS) is 16.4. The summed E-state index contributed by atoms with van der Waals surface area (Å²) in [6.45, 7) is 10.9. The third-order valence-corrected chi connectivity index (χ3v) is 8.15. The van der Waals surface area contributed by atoms with E-state index in [1.807, 2.05) is 42.5 Å². The molecule has 2 aliphatic heterocycles. The van der Waals surface area contributed by atoms with Crippen LogP contribution in [0.15, 0.2) is 48.8 Å². The van der Waals surface area contributed by atoms with E-state index in [2.05, 4.69) is 40.6 Å². The number of aliphatic hydroxyl groups is 1. The van der Waals surface area contributed by atoms with Gasteiger partial charge in [0.2, 0.25) is 0 Å².